The second-order valence-electron chi connectivity index (χ2n) is 24.5. The van der Waals surface area contributed by atoms with Gasteiger partial charge in [-0.1, -0.05) is 249 Å². The van der Waals surface area contributed by atoms with E-state index in [1.807, 2.05) is 0 Å². The maximum atomic E-state index is 2.38. The van der Waals surface area contributed by atoms with E-state index in [-0.39, 0.29) is 0 Å². The van der Waals surface area contributed by atoms with Gasteiger partial charge in [-0.25, -0.2) is 0 Å². The van der Waals surface area contributed by atoms with Crippen molar-refractivity contribution >= 4 is 66.8 Å². The van der Waals surface area contributed by atoms with E-state index in [0.717, 1.165) is 84.4 Å². The topological polar surface area (TPSA) is 16.3 Å². The van der Waals surface area contributed by atoms with Gasteiger partial charge in [0.2, 0.25) is 0 Å². The Morgan fingerprint density at radius 1 is 0.177 bits per heavy atom. The normalized spacial score (nSPS) is 11.3. The molecular formula is C92H64N4. The summed E-state index contributed by atoms with van der Waals surface area (Å²) in [5, 5.41) is 3.66. The Labute approximate surface area is 560 Å². The van der Waals surface area contributed by atoms with Crippen LogP contribution in [-0.4, -0.2) is 9.13 Å². The number of anilines is 6. The number of para-hydroxylation sites is 4. The summed E-state index contributed by atoms with van der Waals surface area (Å²) in [4.78, 5) is 4.73. The summed E-state index contributed by atoms with van der Waals surface area (Å²) >= 11 is 0. The fourth-order valence-corrected chi connectivity index (χ4v) is 14.1. The third kappa shape index (κ3) is 10.8. The molecule has 2 aromatic heterocycles. The van der Waals surface area contributed by atoms with Gasteiger partial charge in [-0.2, -0.15) is 0 Å². The van der Waals surface area contributed by atoms with Crippen molar-refractivity contribution in [1.29, 1.82) is 0 Å². The molecule has 0 spiro atoms. The van der Waals surface area contributed by atoms with Crippen molar-refractivity contribution in [3.8, 4) is 89.3 Å². The Morgan fingerprint density at radius 3 is 1.17 bits per heavy atom. The average molecular weight is 1230 g/mol. The van der Waals surface area contributed by atoms with Crippen LogP contribution in [0.2, 0.25) is 0 Å². The highest BCUT2D eigenvalue weighted by atomic mass is 15.1. The van der Waals surface area contributed by atoms with Crippen LogP contribution in [0.4, 0.5) is 34.1 Å². The van der Waals surface area contributed by atoms with E-state index in [4.69, 9.17) is 0 Å². The first-order valence-corrected chi connectivity index (χ1v) is 32.9. The van der Waals surface area contributed by atoms with E-state index in [9.17, 15) is 0 Å². The second-order valence-corrected chi connectivity index (χ2v) is 24.5. The van der Waals surface area contributed by atoms with Crippen LogP contribution in [0.5, 0.6) is 0 Å². The lowest BCUT2D eigenvalue weighted by Gasteiger charge is -2.27. The van der Waals surface area contributed by atoms with Crippen molar-refractivity contribution in [2.45, 2.75) is 0 Å². The Bertz CT molecular complexity index is 5590. The number of benzene rings is 15. The minimum atomic E-state index is 1.07. The van der Waals surface area contributed by atoms with E-state index < -0.39 is 0 Å². The number of rotatable bonds is 15. The third-order valence-corrected chi connectivity index (χ3v) is 18.8. The highest BCUT2D eigenvalue weighted by Crippen LogP contribution is 2.46. The second kappa shape index (κ2) is 25.0. The molecule has 4 heteroatoms. The van der Waals surface area contributed by atoms with E-state index in [1.54, 1.807) is 0 Å². The number of hydrogen-bond acceptors (Lipinski definition) is 2. The zero-order valence-electron chi connectivity index (χ0n) is 52.7. The third-order valence-electron chi connectivity index (χ3n) is 18.8. The molecule has 0 aliphatic rings. The van der Waals surface area contributed by atoms with Gasteiger partial charge in [0.05, 0.1) is 16.6 Å². The number of fused-ring (bicyclic) bond motifs is 4. The molecule has 0 radical (unpaired) electrons. The zero-order chi connectivity index (χ0) is 63.7. The van der Waals surface area contributed by atoms with Crippen LogP contribution in [0.15, 0.2) is 388 Å². The highest BCUT2D eigenvalue weighted by molar-refractivity contribution is 6.11. The van der Waals surface area contributed by atoms with E-state index >= 15 is 0 Å². The van der Waals surface area contributed by atoms with Crippen LogP contribution in [0.3, 0.4) is 0 Å². The molecule has 0 aliphatic heterocycles. The van der Waals surface area contributed by atoms with Gasteiger partial charge in [0.25, 0.3) is 0 Å². The number of nitrogens with zero attached hydrogens (tertiary/aromatic N) is 4. The van der Waals surface area contributed by atoms with Crippen molar-refractivity contribution < 1.29 is 0 Å². The number of hydrogen-bond donors (Lipinski definition) is 0. The molecule has 4 nitrogen and oxygen atoms in total. The first-order chi connectivity index (χ1) is 47.6. The Hall–Kier alpha value is -12.8. The molecule has 0 atom stereocenters. The summed E-state index contributed by atoms with van der Waals surface area (Å²) < 4.78 is 4.69. The van der Waals surface area contributed by atoms with Crippen molar-refractivity contribution in [1.82, 2.24) is 9.13 Å². The van der Waals surface area contributed by atoms with Gasteiger partial charge in [-0.15, -0.1) is 0 Å². The highest BCUT2D eigenvalue weighted by Gasteiger charge is 2.22. The molecule has 17 rings (SSSR count). The summed E-state index contributed by atoms with van der Waals surface area (Å²) in [6.45, 7) is 0. The molecule has 0 N–H and O–H groups in total. The van der Waals surface area contributed by atoms with Gasteiger partial charge in [-0.3, -0.25) is 0 Å². The summed E-state index contributed by atoms with van der Waals surface area (Å²) in [5.41, 5.74) is 28.7. The largest absolute Gasteiger partial charge is 0.317 e. The predicted molar refractivity (Wildman–Crippen MR) is 405 cm³/mol. The summed E-state index contributed by atoms with van der Waals surface area (Å²) in [6.07, 6.45) is 2.21. The molecule has 0 fully saturated rings. The van der Waals surface area contributed by atoms with Crippen LogP contribution in [-0.2, 0) is 0 Å². The Balaban J connectivity index is 0.663. The van der Waals surface area contributed by atoms with E-state index in [2.05, 4.69) is 407 Å². The molecule has 0 amide bonds. The molecule has 15 aromatic carbocycles. The average Bonchev–Trinajstić information content (AvgIpc) is 1.63. The molecule has 452 valence electrons. The fraction of sp³-hybridized carbons (Fsp3) is 0. The maximum absolute atomic E-state index is 2.38. The molecule has 96 heavy (non-hydrogen) atoms. The van der Waals surface area contributed by atoms with E-state index in [1.165, 1.54) is 71.7 Å². The van der Waals surface area contributed by atoms with Gasteiger partial charge in [0.15, 0.2) is 0 Å². The van der Waals surface area contributed by atoms with Crippen LogP contribution in [0, 0.1) is 0 Å². The summed E-state index contributed by atoms with van der Waals surface area (Å²) in [7, 11) is 0. The van der Waals surface area contributed by atoms with Gasteiger partial charge in [0.1, 0.15) is 0 Å². The Kier molecular flexibility index (Phi) is 14.9. The molecule has 0 bridgehead atoms. The van der Waals surface area contributed by atoms with Gasteiger partial charge < -0.3 is 18.9 Å². The van der Waals surface area contributed by atoms with Crippen LogP contribution in [0.1, 0.15) is 0 Å². The standard InChI is InChI=1S/C92H64N4/c1-7-23-65(24-8-1)66-43-50-78(51-44-66)95(76-33-15-5-16-34-76)81-55-57-84(88(64-81)70-27-11-3-12-28-70)83-38-22-40-90-86(83)59-60-93(90)74-48-41-67(42-49-74)71-29-21-30-72(61-71)68-45-52-79(53-46-68)94(75-31-13-4-14-32-75)80-54-56-82(87(63-80)69-25-9-2-10-26-69)73-47-58-92-89(62-73)85-37-19-20-39-91(85)96(92)77-35-17-6-18-36-77/h1-64H. The molecule has 17 aromatic rings. The Morgan fingerprint density at radius 2 is 0.583 bits per heavy atom. The lowest BCUT2D eigenvalue weighted by atomic mass is 9.92. The van der Waals surface area contributed by atoms with Crippen molar-refractivity contribution in [2.75, 3.05) is 9.80 Å². The molecule has 2 heterocycles. The first-order valence-electron chi connectivity index (χ1n) is 32.9. The molecule has 0 unspecified atom stereocenters. The predicted octanol–water partition coefficient (Wildman–Crippen LogP) is 25.3. The van der Waals surface area contributed by atoms with Gasteiger partial charge in [-0.05, 0) is 211 Å². The lowest BCUT2D eigenvalue weighted by molar-refractivity contribution is 1.13. The van der Waals surface area contributed by atoms with Gasteiger partial charge in [0, 0.05) is 67.9 Å². The SMILES string of the molecule is c1ccc(-c2ccc(N(c3ccccc3)c3ccc(-c4cccc5c4ccn5-c4ccc(-c5cccc(-c6ccc(N(c7ccccc7)c7ccc(-c8ccc9c(c8)c8ccccc8n9-c8ccccc8)c(-c8ccccc8)c7)cc6)c5)cc4)c(-c4ccccc4)c3)cc2)cc1. The van der Waals surface area contributed by atoms with Gasteiger partial charge >= 0.3 is 0 Å². The quantitative estimate of drug-likeness (QED) is 0.102. The lowest BCUT2D eigenvalue weighted by Crippen LogP contribution is -2.10. The van der Waals surface area contributed by atoms with Crippen molar-refractivity contribution in [2.24, 2.45) is 0 Å². The smallest absolute Gasteiger partial charge is 0.0541 e. The van der Waals surface area contributed by atoms with E-state index in [0.29, 0.717) is 0 Å². The van der Waals surface area contributed by atoms with Crippen molar-refractivity contribution in [3.63, 3.8) is 0 Å². The van der Waals surface area contributed by atoms with Crippen LogP contribution >= 0.6 is 0 Å². The summed E-state index contributed by atoms with van der Waals surface area (Å²) in [5.74, 6) is 0. The molecule has 0 saturated heterocycles. The van der Waals surface area contributed by atoms with Crippen molar-refractivity contribution in [3.05, 3.63) is 388 Å². The molecule has 0 saturated carbocycles. The minimum absolute atomic E-state index is 1.07. The van der Waals surface area contributed by atoms with Crippen LogP contribution < -0.4 is 9.80 Å². The molecular weight excluding hydrogens is 1160 g/mol. The minimum Gasteiger partial charge on any atom is -0.317 e. The zero-order valence-corrected chi connectivity index (χ0v) is 52.7. The molecule has 0 aliphatic carbocycles. The summed E-state index contributed by atoms with van der Waals surface area (Å²) in [6, 6.07) is 139. The fourth-order valence-electron chi connectivity index (χ4n) is 14.1. The number of aromatic nitrogens is 2. The first kappa shape index (κ1) is 57.2. The van der Waals surface area contributed by atoms with Crippen LogP contribution in [0.25, 0.3) is 122 Å². The monoisotopic (exact) mass is 1220 g/mol. The maximum Gasteiger partial charge on any atom is 0.0541 e.